The van der Waals surface area contributed by atoms with Crippen LogP contribution in [0.1, 0.15) is 104 Å². The van der Waals surface area contributed by atoms with Crippen LogP contribution in [-0.2, 0) is 9.59 Å². The number of rotatable bonds is 17. The first-order chi connectivity index (χ1) is 13.2. The Morgan fingerprint density at radius 2 is 1.21 bits per heavy atom. The predicted octanol–water partition coefficient (Wildman–Crippen LogP) is 3.73. The van der Waals surface area contributed by atoms with Crippen LogP contribution in [0.3, 0.4) is 0 Å². The number of carboxylic acid groups (broad SMARTS) is 2. The third-order valence-corrected chi connectivity index (χ3v) is 4.90. The number of carboxylic acids is 2. The fourth-order valence-corrected chi connectivity index (χ4v) is 2.87. The second-order valence-corrected chi connectivity index (χ2v) is 7.37. The molecule has 0 aromatic carbocycles. The molecule has 0 aromatic rings. The molecule has 0 aliphatic heterocycles. The summed E-state index contributed by atoms with van der Waals surface area (Å²) in [5, 5.41) is 44.9. The van der Waals surface area contributed by atoms with Gasteiger partial charge in [-0.1, -0.05) is 65.2 Å². The molecule has 0 aliphatic rings. The van der Waals surface area contributed by atoms with Crippen LogP contribution in [0, 0.1) is 0 Å². The van der Waals surface area contributed by atoms with Crippen molar-refractivity contribution in [2.24, 2.45) is 0 Å². The summed E-state index contributed by atoms with van der Waals surface area (Å²) in [6.07, 6.45) is 10.2. The van der Waals surface area contributed by atoms with Gasteiger partial charge in [0.15, 0.2) is 0 Å². The number of aliphatic carboxylic acids is 2. The Morgan fingerprint density at radius 1 is 0.786 bits per heavy atom. The van der Waals surface area contributed by atoms with Crippen molar-refractivity contribution in [1.82, 2.24) is 0 Å². The largest absolute Gasteiger partial charge is 0.481 e. The quantitative estimate of drug-likeness (QED) is 0.232. The minimum absolute atomic E-state index is 0.245. The van der Waals surface area contributed by atoms with E-state index in [4.69, 9.17) is 15.3 Å². The van der Waals surface area contributed by atoms with E-state index >= 15 is 0 Å². The summed E-state index contributed by atoms with van der Waals surface area (Å²) in [5.74, 6) is -1.48. The highest BCUT2D eigenvalue weighted by atomic mass is 16.4. The van der Waals surface area contributed by atoms with Crippen LogP contribution in [0.5, 0.6) is 0 Å². The Bertz CT molecular complexity index is 367. The zero-order valence-corrected chi connectivity index (χ0v) is 17.7. The zero-order chi connectivity index (χ0) is 21.8. The van der Waals surface area contributed by atoms with E-state index in [-0.39, 0.29) is 19.4 Å². The maximum atomic E-state index is 10.1. The van der Waals surface area contributed by atoms with Gasteiger partial charge in [-0.25, -0.2) is 0 Å². The summed E-state index contributed by atoms with van der Waals surface area (Å²) in [6, 6.07) is 0. The summed E-state index contributed by atoms with van der Waals surface area (Å²) >= 11 is 0. The number of carbonyl (C=O) groups is 2. The van der Waals surface area contributed by atoms with Gasteiger partial charge in [0, 0.05) is 12.8 Å². The van der Waals surface area contributed by atoms with Crippen molar-refractivity contribution in [2.45, 2.75) is 115 Å². The van der Waals surface area contributed by atoms with Crippen molar-refractivity contribution < 1.29 is 35.1 Å². The molecule has 168 valence electrons. The third kappa shape index (κ3) is 18.2. The standard InChI is InChI=1S/C11H24O3.C10H18O4/c1-3-5-6-7-8-11(14,4-2)10(13)9-12;11-9(12)7-5-3-1-2-4-6-8-10(13)14/h10,12-14H,3-9H2,1-2H3;1-8H2,(H,11,12)(H,13,14). The minimum Gasteiger partial charge on any atom is -0.481 e. The molecule has 0 saturated carbocycles. The van der Waals surface area contributed by atoms with E-state index in [1.165, 1.54) is 0 Å². The average Bonchev–Trinajstić information content (AvgIpc) is 2.66. The molecule has 7 nitrogen and oxygen atoms in total. The number of aliphatic hydroxyl groups excluding tert-OH is 2. The monoisotopic (exact) mass is 406 g/mol. The van der Waals surface area contributed by atoms with Gasteiger partial charge in [-0.2, -0.15) is 0 Å². The van der Waals surface area contributed by atoms with E-state index in [0.717, 1.165) is 64.2 Å². The first-order valence-electron chi connectivity index (χ1n) is 10.7. The smallest absolute Gasteiger partial charge is 0.303 e. The lowest BCUT2D eigenvalue weighted by Gasteiger charge is -2.31. The van der Waals surface area contributed by atoms with Gasteiger partial charge in [-0.05, 0) is 25.7 Å². The van der Waals surface area contributed by atoms with Gasteiger partial charge < -0.3 is 25.5 Å². The molecule has 0 saturated heterocycles. The van der Waals surface area contributed by atoms with Crippen molar-refractivity contribution in [3.63, 3.8) is 0 Å². The summed E-state index contributed by atoms with van der Waals surface area (Å²) in [7, 11) is 0. The summed E-state index contributed by atoms with van der Waals surface area (Å²) < 4.78 is 0. The number of unbranched alkanes of at least 4 members (excludes halogenated alkanes) is 8. The lowest BCUT2D eigenvalue weighted by atomic mass is 9.88. The Kier molecular flexibility index (Phi) is 19.9. The van der Waals surface area contributed by atoms with Gasteiger partial charge in [-0.3, -0.25) is 9.59 Å². The van der Waals surface area contributed by atoms with Gasteiger partial charge >= 0.3 is 11.9 Å². The van der Waals surface area contributed by atoms with Crippen LogP contribution >= 0.6 is 0 Å². The summed E-state index contributed by atoms with van der Waals surface area (Å²) in [6.45, 7) is 3.60. The molecule has 2 unspecified atom stereocenters. The molecule has 28 heavy (non-hydrogen) atoms. The first-order valence-corrected chi connectivity index (χ1v) is 10.7. The van der Waals surface area contributed by atoms with Gasteiger partial charge in [0.25, 0.3) is 0 Å². The molecular weight excluding hydrogens is 364 g/mol. The summed E-state index contributed by atoms with van der Waals surface area (Å²) in [5.41, 5.74) is -1.09. The topological polar surface area (TPSA) is 135 Å². The van der Waals surface area contributed by atoms with Gasteiger partial charge in [0.1, 0.15) is 6.10 Å². The minimum atomic E-state index is -1.09. The summed E-state index contributed by atoms with van der Waals surface area (Å²) in [4.78, 5) is 20.3. The molecular formula is C21H42O7. The van der Waals surface area contributed by atoms with Gasteiger partial charge in [-0.15, -0.1) is 0 Å². The Labute approximate surface area is 169 Å². The average molecular weight is 407 g/mol. The fourth-order valence-electron chi connectivity index (χ4n) is 2.87. The van der Waals surface area contributed by atoms with Crippen LogP contribution in [0.4, 0.5) is 0 Å². The van der Waals surface area contributed by atoms with Crippen LogP contribution in [-0.4, -0.2) is 55.8 Å². The van der Waals surface area contributed by atoms with Crippen LogP contribution < -0.4 is 0 Å². The maximum Gasteiger partial charge on any atom is 0.303 e. The van der Waals surface area contributed by atoms with Crippen molar-refractivity contribution >= 4 is 11.9 Å². The molecule has 7 heteroatoms. The van der Waals surface area contributed by atoms with Crippen molar-refractivity contribution in [1.29, 1.82) is 0 Å². The highest BCUT2D eigenvalue weighted by Crippen LogP contribution is 2.23. The fraction of sp³-hybridized carbons (Fsp3) is 0.905. The third-order valence-electron chi connectivity index (χ3n) is 4.90. The molecule has 5 N–H and O–H groups in total. The molecule has 0 bridgehead atoms. The molecule has 0 amide bonds. The molecule has 0 rings (SSSR count). The number of hydrogen-bond acceptors (Lipinski definition) is 5. The van der Waals surface area contributed by atoms with E-state index in [9.17, 15) is 19.8 Å². The lowest BCUT2D eigenvalue weighted by molar-refractivity contribution is -0.138. The molecule has 0 fully saturated rings. The second kappa shape index (κ2) is 19.2. The molecule has 0 aromatic heterocycles. The number of hydrogen-bond donors (Lipinski definition) is 5. The number of aliphatic hydroxyl groups is 3. The normalized spacial score (nSPS) is 13.9. The Hall–Kier alpha value is -1.18. The maximum absolute atomic E-state index is 10.1. The molecule has 0 heterocycles. The lowest BCUT2D eigenvalue weighted by Crippen LogP contribution is -2.43. The molecule has 0 spiro atoms. The molecule has 0 radical (unpaired) electrons. The van der Waals surface area contributed by atoms with Crippen molar-refractivity contribution in [3.05, 3.63) is 0 Å². The highest BCUT2D eigenvalue weighted by Gasteiger charge is 2.32. The van der Waals surface area contributed by atoms with Crippen LogP contribution in [0.15, 0.2) is 0 Å². The van der Waals surface area contributed by atoms with Crippen molar-refractivity contribution in [2.75, 3.05) is 6.61 Å². The van der Waals surface area contributed by atoms with E-state index in [1.54, 1.807) is 0 Å². The molecule has 2 atom stereocenters. The van der Waals surface area contributed by atoms with E-state index < -0.39 is 23.6 Å². The van der Waals surface area contributed by atoms with Gasteiger partial charge in [0.2, 0.25) is 0 Å². The van der Waals surface area contributed by atoms with Crippen LogP contribution in [0.2, 0.25) is 0 Å². The first kappa shape index (κ1) is 29.0. The molecule has 0 aliphatic carbocycles. The zero-order valence-electron chi connectivity index (χ0n) is 17.7. The highest BCUT2D eigenvalue weighted by molar-refractivity contribution is 5.66. The van der Waals surface area contributed by atoms with E-state index in [2.05, 4.69) is 6.92 Å². The van der Waals surface area contributed by atoms with E-state index in [1.807, 2.05) is 6.92 Å². The van der Waals surface area contributed by atoms with Gasteiger partial charge in [0.05, 0.1) is 12.2 Å². The Morgan fingerprint density at radius 3 is 1.57 bits per heavy atom. The predicted molar refractivity (Wildman–Crippen MR) is 109 cm³/mol. The van der Waals surface area contributed by atoms with E-state index in [0.29, 0.717) is 12.8 Å². The van der Waals surface area contributed by atoms with Crippen LogP contribution in [0.25, 0.3) is 0 Å². The van der Waals surface area contributed by atoms with Crippen molar-refractivity contribution in [3.8, 4) is 0 Å². The SMILES string of the molecule is CCCCCCC(O)(CC)C(O)CO.O=C(O)CCCCCCCCC(=O)O. The Balaban J connectivity index is 0. The second-order valence-electron chi connectivity index (χ2n) is 7.37.